The van der Waals surface area contributed by atoms with Crippen molar-refractivity contribution in [2.24, 2.45) is 5.92 Å². The topological polar surface area (TPSA) is 53.4 Å². The zero-order valence-corrected chi connectivity index (χ0v) is 11.4. The summed E-state index contributed by atoms with van der Waals surface area (Å²) in [4.78, 5) is 15.8. The molecule has 1 aliphatic rings. The fourth-order valence-electron chi connectivity index (χ4n) is 2.38. The molecule has 0 aromatic carbocycles. The molecule has 2 rings (SSSR count). The molecule has 5 heteroatoms. The summed E-state index contributed by atoms with van der Waals surface area (Å²) in [6, 6.07) is 1.68. The van der Waals surface area contributed by atoms with Crippen LogP contribution in [-0.2, 0) is 4.74 Å². The van der Waals surface area contributed by atoms with Gasteiger partial charge in [-0.15, -0.1) is 0 Å². The highest BCUT2D eigenvalue weighted by Crippen LogP contribution is 2.33. The summed E-state index contributed by atoms with van der Waals surface area (Å²) in [5.41, 5.74) is -0.337. The van der Waals surface area contributed by atoms with Gasteiger partial charge in [0.25, 0.3) is 0 Å². The third kappa shape index (κ3) is 3.04. The SMILES string of the molecule is C=CCOc1ccn(C2CC(C)C(CC)O2)c(=O)n1. The van der Waals surface area contributed by atoms with Gasteiger partial charge in [0, 0.05) is 12.3 Å². The lowest BCUT2D eigenvalue weighted by Gasteiger charge is -2.15. The van der Waals surface area contributed by atoms with E-state index in [1.54, 1.807) is 18.3 Å². The van der Waals surface area contributed by atoms with Gasteiger partial charge >= 0.3 is 5.69 Å². The molecule has 104 valence electrons. The van der Waals surface area contributed by atoms with Crippen LogP contribution in [0.3, 0.4) is 0 Å². The standard InChI is InChI=1S/C14H20N2O3/c1-4-8-18-12-6-7-16(14(17)15-12)13-9-10(3)11(5-2)19-13/h4,6-7,10-11,13H,1,5,8-9H2,2-3H3. The maximum absolute atomic E-state index is 12.0. The van der Waals surface area contributed by atoms with E-state index >= 15 is 0 Å². The minimum atomic E-state index is -0.337. The first-order valence-corrected chi connectivity index (χ1v) is 6.64. The second-order valence-electron chi connectivity index (χ2n) is 4.81. The molecule has 1 aliphatic heterocycles. The van der Waals surface area contributed by atoms with Crippen LogP contribution in [0.2, 0.25) is 0 Å². The van der Waals surface area contributed by atoms with E-state index in [4.69, 9.17) is 9.47 Å². The van der Waals surface area contributed by atoms with Crippen molar-refractivity contribution in [2.75, 3.05) is 6.61 Å². The number of nitrogens with zero attached hydrogens (tertiary/aromatic N) is 2. The minimum absolute atomic E-state index is 0.214. The zero-order chi connectivity index (χ0) is 13.8. The molecule has 0 amide bonds. The molecule has 2 heterocycles. The minimum Gasteiger partial charge on any atom is -0.473 e. The van der Waals surface area contributed by atoms with Gasteiger partial charge < -0.3 is 9.47 Å². The first-order chi connectivity index (χ1) is 9.15. The number of rotatable bonds is 5. The Morgan fingerprint density at radius 3 is 3.05 bits per heavy atom. The fourth-order valence-corrected chi connectivity index (χ4v) is 2.38. The highest BCUT2D eigenvalue weighted by atomic mass is 16.5. The summed E-state index contributed by atoms with van der Waals surface area (Å²) in [5, 5.41) is 0. The van der Waals surface area contributed by atoms with Gasteiger partial charge in [0.15, 0.2) is 0 Å². The molecular weight excluding hydrogens is 244 g/mol. The van der Waals surface area contributed by atoms with Crippen molar-refractivity contribution in [1.29, 1.82) is 0 Å². The van der Waals surface area contributed by atoms with Crippen LogP contribution in [0.25, 0.3) is 0 Å². The van der Waals surface area contributed by atoms with Gasteiger partial charge in [-0.25, -0.2) is 4.79 Å². The Labute approximate surface area is 112 Å². The van der Waals surface area contributed by atoms with E-state index in [1.165, 1.54) is 4.57 Å². The second kappa shape index (κ2) is 6.02. The van der Waals surface area contributed by atoms with Crippen LogP contribution in [0.15, 0.2) is 29.7 Å². The number of ether oxygens (including phenoxy) is 2. The Kier molecular flexibility index (Phi) is 4.37. The van der Waals surface area contributed by atoms with Gasteiger partial charge in [-0.05, 0) is 18.8 Å². The van der Waals surface area contributed by atoms with Gasteiger partial charge in [-0.2, -0.15) is 4.98 Å². The van der Waals surface area contributed by atoms with Crippen molar-refractivity contribution in [1.82, 2.24) is 9.55 Å². The Balaban J connectivity index is 2.13. The first-order valence-electron chi connectivity index (χ1n) is 6.64. The molecule has 1 aromatic rings. The zero-order valence-electron chi connectivity index (χ0n) is 11.4. The third-order valence-corrected chi connectivity index (χ3v) is 3.41. The second-order valence-corrected chi connectivity index (χ2v) is 4.81. The van der Waals surface area contributed by atoms with Gasteiger partial charge in [-0.1, -0.05) is 26.5 Å². The predicted octanol–water partition coefficient (Wildman–Crippen LogP) is 2.14. The van der Waals surface area contributed by atoms with Crippen molar-refractivity contribution in [3.8, 4) is 5.88 Å². The molecule has 1 fully saturated rings. The van der Waals surface area contributed by atoms with Crippen LogP contribution in [0.1, 0.15) is 32.9 Å². The Morgan fingerprint density at radius 1 is 1.68 bits per heavy atom. The normalized spacial score (nSPS) is 26.3. The Hall–Kier alpha value is -1.62. The summed E-state index contributed by atoms with van der Waals surface area (Å²) < 4.78 is 12.6. The molecule has 5 nitrogen and oxygen atoms in total. The van der Waals surface area contributed by atoms with Crippen LogP contribution in [0.5, 0.6) is 5.88 Å². The molecule has 0 aliphatic carbocycles. The summed E-state index contributed by atoms with van der Waals surface area (Å²) in [6.07, 6.45) is 5.10. The molecule has 3 atom stereocenters. The van der Waals surface area contributed by atoms with Crippen molar-refractivity contribution in [3.05, 3.63) is 35.4 Å². The smallest absolute Gasteiger partial charge is 0.352 e. The summed E-state index contributed by atoms with van der Waals surface area (Å²) >= 11 is 0. The summed E-state index contributed by atoms with van der Waals surface area (Å²) in [5.74, 6) is 0.776. The molecule has 0 spiro atoms. The predicted molar refractivity (Wildman–Crippen MR) is 72.2 cm³/mol. The number of hydrogen-bond acceptors (Lipinski definition) is 4. The van der Waals surface area contributed by atoms with E-state index in [9.17, 15) is 4.79 Å². The Bertz CT molecular complexity index is 498. The monoisotopic (exact) mass is 264 g/mol. The van der Waals surface area contributed by atoms with Crippen LogP contribution >= 0.6 is 0 Å². The maximum Gasteiger partial charge on any atom is 0.352 e. The third-order valence-electron chi connectivity index (χ3n) is 3.41. The average molecular weight is 264 g/mol. The van der Waals surface area contributed by atoms with Crippen LogP contribution in [-0.4, -0.2) is 22.3 Å². The van der Waals surface area contributed by atoms with Crippen molar-refractivity contribution < 1.29 is 9.47 Å². The molecular formula is C14H20N2O3. The average Bonchev–Trinajstić information content (AvgIpc) is 2.77. The molecule has 0 bridgehead atoms. The molecule has 1 saturated heterocycles. The van der Waals surface area contributed by atoms with E-state index in [-0.39, 0.29) is 18.0 Å². The molecule has 3 unspecified atom stereocenters. The fraction of sp³-hybridized carbons (Fsp3) is 0.571. The van der Waals surface area contributed by atoms with E-state index in [1.807, 2.05) is 0 Å². The number of aromatic nitrogens is 2. The molecule has 19 heavy (non-hydrogen) atoms. The van der Waals surface area contributed by atoms with Gasteiger partial charge in [0.05, 0.1) is 6.10 Å². The number of hydrogen-bond donors (Lipinski definition) is 0. The lowest BCUT2D eigenvalue weighted by atomic mass is 10.0. The van der Waals surface area contributed by atoms with Crippen molar-refractivity contribution in [3.63, 3.8) is 0 Å². The van der Waals surface area contributed by atoms with Crippen LogP contribution in [0, 0.1) is 5.92 Å². The molecule has 1 aromatic heterocycles. The van der Waals surface area contributed by atoms with Crippen molar-refractivity contribution >= 4 is 0 Å². The summed E-state index contributed by atoms with van der Waals surface area (Å²) in [7, 11) is 0. The van der Waals surface area contributed by atoms with Crippen molar-refractivity contribution in [2.45, 2.75) is 39.0 Å². The molecule has 0 saturated carbocycles. The van der Waals surface area contributed by atoms with Gasteiger partial charge in [0.2, 0.25) is 5.88 Å². The molecule has 0 N–H and O–H groups in total. The van der Waals surface area contributed by atoms with Gasteiger partial charge in [0.1, 0.15) is 12.8 Å². The lowest BCUT2D eigenvalue weighted by Crippen LogP contribution is -2.27. The van der Waals surface area contributed by atoms with E-state index in [0.29, 0.717) is 18.4 Å². The highest BCUT2D eigenvalue weighted by molar-refractivity contribution is 5.06. The van der Waals surface area contributed by atoms with Gasteiger partial charge in [-0.3, -0.25) is 4.57 Å². The van der Waals surface area contributed by atoms with E-state index < -0.39 is 0 Å². The Morgan fingerprint density at radius 2 is 2.47 bits per heavy atom. The van der Waals surface area contributed by atoms with E-state index in [0.717, 1.165) is 12.8 Å². The molecule has 0 radical (unpaired) electrons. The van der Waals surface area contributed by atoms with Crippen LogP contribution in [0.4, 0.5) is 0 Å². The highest BCUT2D eigenvalue weighted by Gasteiger charge is 2.32. The largest absolute Gasteiger partial charge is 0.473 e. The lowest BCUT2D eigenvalue weighted by molar-refractivity contribution is -0.00767. The summed E-state index contributed by atoms with van der Waals surface area (Å²) in [6.45, 7) is 8.13. The first kappa shape index (κ1) is 13.8. The van der Waals surface area contributed by atoms with E-state index in [2.05, 4.69) is 25.4 Å². The maximum atomic E-state index is 12.0. The quantitative estimate of drug-likeness (QED) is 0.765. The van der Waals surface area contributed by atoms with Crippen LogP contribution < -0.4 is 10.4 Å².